The molecule has 0 saturated heterocycles. The third-order valence-corrected chi connectivity index (χ3v) is 4.55. The van der Waals surface area contributed by atoms with Gasteiger partial charge < -0.3 is 25.0 Å². The minimum Gasteiger partial charge on any atom is -0.493 e. The molecule has 6 heteroatoms. The molecule has 2 unspecified atom stereocenters. The van der Waals surface area contributed by atoms with Crippen molar-refractivity contribution in [2.75, 3.05) is 34.4 Å². The number of methoxy groups -OCH3 is 2. The number of ether oxygens (including phenoxy) is 2. The maximum Gasteiger partial charge on any atom is 0.160 e. The Morgan fingerprint density at radius 3 is 1.63 bits per heavy atom. The van der Waals surface area contributed by atoms with Crippen LogP contribution in [-0.4, -0.2) is 56.9 Å². The summed E-state index contributed by atoms with van der Waals surface area (Å²) in [5, 5.41) is 24.3. The molecule has 0 radical (unpaired) electrons. The van der Waals surface area contributed by atoms with Crippen molar-refractivity contribution in [2.24, 2.45) is 0 Å². The fraction of sp³-hybridized carbons (Fsp3) is 0.622. The molecule has 0 aliphatic carbocycles. The van der Waals surface area contributed by atoms with Gasteiger partial charge in [0.05, 0.1) is 20.3 Å². The maximum absolute atomic E-state index is 9.66. The molecule has 0 aromatic carbocycles. The number of nitrogens with one attached hydrogen (secondary N) is 2. The van der Waals surface area contributed by atoms with Crippen LogP contribution in [0.15, 0.2) is 84.9 Å². The van der Waals surface area contributed by atoms with Crippen molar-refractivity contribution < 1.29 is 19.7 Å². The molecule has 6 nitrogen and oxygen atoms in total. The third kappa shape index (κ3) is 63.9. The van der Waals surface area contributed by atoms with E-state index >= 15 is 0 Å². The number of rotatable bonds is 14. The number of aliphatic hydroxyl groups is 2. The van der Waals surface area contributed by atoms with Crippen molar-refractivity contribution in [3.8, 4) is 0 Å². The van der Waals surface area contributed by atoms with Crippen molar-refractivity contribution in [3.05, 3.63) is 84.9 Å². The first-order valence-electron chi connectivity index (χ1n) is 15.9. The molecular weight excluding hydrogens is 536 g/mol. The number of hydrogen-bond donors (Lipinski definition) is 4. The van der Waals surface area contributed by atoms with E-state index in [1.165, 1.54) is 12.0 Å². The van der Waals surface area contributed by atoms with E-state index in [1.54, 1.807) is 45.6 Å². The first-order chi connectivity index (χ1) is 20.6. The summed E-state index contributed by atoms with van der Waals surface area (Å²) in [6, 6.07) is 0. The van der Waals surface area contributed by atoms with E-state index in [0.717, 1.165) is 19.5 Å². The van der Waals surface area contributed by atoms with E-state index in [-0.39, 0.29) is 0 Å². The summed E-state index contributed by atoms with van der Waals surface area (Å²) >= 11 is 0. The van der Waals surface area contributed by atoms with E-state index in [1.807, 2.05) is 86.6 Å². The second-order valence-corrected chi connectivity index (χ2v) is 7.99. The molecule has 0 rings (SSSR count). The van der Waals surface area contributed by atoms with Gasteiger partial charge in [-0.1, -0.05) is 96.1 Å². The van der Waals surface area contributed by atoms with E-state index in [0.29, 0.717) is 24.4 Å². The summed E-state index contributed by atoms with van der Waals surface area (Å²) in [5.41, 5.74) is 1.47. The SMILES string of the molecule is C/C=C(\C)CCNCC.C/C=C\C.C=CC.C=CCC(O)NC.CC.CC.C\C=C/C=C(OC)\C(=C\C(O)CCC)OC. The summed E-state index contributed by atoms with van der Waals surface area (Å²) in [5.74, 6) is 1.16. The Morgan fingerprint density at radius 1 is 0.860 bits per heavy atom. The molecule has 0 saturated carbocycles. The van der Waals surface area contributed by atoms with Gasteiger partial charge in [-0.2, -0.15) is 0 Å². The fourth-order valence-electron chi connectivity index (χ4n) is 2.12. The highest BCUT2D eigenvalue weighted by molar-refractivity contribution is 5.25. The van der Waals surface area contributed by atoms with Crippen LogP contribution in [0.5, 0.6) is 0 Å². The Balaban J connectivity index is -0.0000000816. The Labute approximate surface area is 270 Å². The molecule has 0 aliphatic rings. The number of aliphatic hydroxyl groups excluding tert-OH is 2. The lowest BCUT2D eigenvalue weighted by atomic mass is 10.2. The van der Waals surface area contributed by atoms with Crippen LogP contribution in [0.4, 0.5) is 0 Å². The molecule has 2 atom stereocenters. The average molecular weight is 613 g/mol. The first-order valence-corrected chi connectivity index (χ1v) is 15.9. The predicted octanol–water partition coefficient (Wildman–Crippen LogP) is 9.66. The molecule has 258 valence electrons. The van der Waals surface area contributed by atoms with Crippen LogP contribution in [0.3, 0.4) is 0 Å². The molecule has 43 heavy (non-hydrogen) atoms. The van der Waals surface area contributed by atoms with E-state index < -0.39 is 12.3 Å². The number of hydrogen-bond acceptors (Lipinski definition) is 6. The van der Waals surface area contributed by atoms with Gasteiger partial charge in [-0.3, -0.25) is 5.32 Å². The molecule has 4 N–H and O–H groups in total. The molecule has 0 aromatic heterocycles. The molecular formula is C37H76N2O4. The van der Waals surface area contributed by atoms with Gasteiger partial charge in [-0.15, -0.1) is 13.2 Å². The molecule has 0 spiro atoms. The van der Waals surface area contributed by atoms with Crippen LogP contribution in [-0.2, 0) is 9.47 Å². The van der Waals surface area contributed by atoms with Gasteiger partial charge in [0.1, 0.15) is 6.23 Å². The smallest absolute Gasteiger partial charge is 0.160 e. The van der Waals surface area contributed by atoms with Gasteiger partial charge in [0.15, 0.2) is 11.5 Å². The molecule has 0 bridgehead atoms. The lowest BCUT2D eigenvalue weighted by molar-refractivity contribution is 0.150. The molecule has 0 amide bonds. The summed E-state index contributed by atoms with van der Waals surface area (Å²) in [6.45, 7) is 33.2. The zero-order valence-corrected chi connectivity index (χ0v) is 31.2. The first kappa shape index (κ1) is 56.4. The highest BCUT2D eigenvalue weighted by Crippen LogP contribution is 2.14. The van der Waals surface area contributed by atoms with Gasteiger partial charge in [0.25, 0.3) is 0 Å². The summed E-state index contributed by atoms with van der Waals surface area (Å²) < 4.78 is 10.4. The van der Waals surface area contributed by atoms with Crippen molar-refractivity contribution in [1.82, 2.24) is 10.6 Å². The minimum atomic E-state index is -0.496. The minimum absolute atomic E-state index is 0.419. The van der Waals surface area contributed by atoms with Crippen LogP contribution in [0, 0.1) is 0 Å². The topological polar surface area (TPSA) is 83.0 Å². The highest BCUT2D eigenvalue weighted by Gasteiger charge is 2.08. The predicted molar refractivity (Wildman–Crippen MR) is 197 cm³/mol. The lowest BCUT2D eigenvalue weighted by Crippen LogP contribution is -2.22. The molecule has 0 aliphatic heterocycles. The van der Waals surface area contributed by atoms with Gasteiger partial charge in [0, 0.05) is 6.42 Å². The normalized spacial score (nSPS) is 11.9. The quantitative estimate of drug-likeness (QED) is 0.0514. The maximum atomic E-state index is 9.66. The average Bonchev–Trinajstić information content (AvgIpc) is 3.04. The zero-order chi connectivity index (χ0) is 35.3. The molecule has 0 heterocycles. The largest absolute Gasteiger partial charge is 0.493 e. The Morgan fingerprint density at radius 2 is 1.35 bits per heavy atom. The van der Waals surface area contributed by atoms with Crippen LogP contribution < -0.4 is 10.6 Å². The molecule has 0 fully saturated rings. The summed E-state index contributed by atoms with van der Waals surface area (Å²) in [7, 11) is 4.84. The fourth-order valence-corrected chi connectivity index (χ4v) is 2.12. The number of allylic oxidation sites excluding steroid dienone is 7. The van der Waals surface area contributed by atoms with E-state index in [2.05, 4.69) is 50.6 Å². The van der Waals surface area contributed by atoms with Crippen LogP contribution in [0.1, 0.15) is 109 Å². The van der Waals surface area contributed by atoms with Crippen molar-refractivity contribution in [2.45, 2.75) is 121 Å². The van der Waals surface area contributed by atoms with E-state index in [9.17, 15) is 5.11 Å². The van der Waals surface area contributed by atoms with Crippen molar-refractivity contribution in [1.29, 1.82) is 0 Å². The van der Waals surface area contributed by atoms with Crippen molar-refractivity contribution >= 4 is 0 Å². The monoisotopic (exact) mass is 613 g/mol. The zero-order valence-electron chi connectivity index (χ0n) is 31.2. The Kier molecular flexibility index (Phi) is 77.5. The molecule has 0 aromatic rings. The summed E-state index contributed by atoms with van der Waals surface area (Å²) in [6.07, 6.45) is 19.3. The standard InChI is InChI=1S/C13H22O3.C8H17N.C5H11NO.C4H8.C3H6.2C2H6/c1-5-7-9-12(15-3)13(16-4)10-11(14)8-6-2;1-4-8(3)6-7-9-5-2;1-3-4-5(7)6-2;1-3-4-2;1-3-2;2*1-2/h5,7,9-11,14H,6,8H2,1-4H3;4,9H,5-7H2,1-3H3;3,5-7H,1,4H2,2H3;3-4H,1-2H3;3H,1H2,2H3;2*1-2H3/b7-5-,12-9+,13-10-;8-4+;;4-3-;;;. The highest BCUT2D eigenvalue weighted by atomic mass is 16.5. The van der Waals surface area contributed by atoms with Crippen LogP contribution >= 0.6 is 0 Å². The van der Waals surface area contributed by atoms with E-state index in [4.69, 9.17) is 14.6 Å². The Hall–Kier alpha value is -2.38. The van der Waals surface area contributed by atoms with Gasteiger partial charge in [-0.25, -0.2) is 0 Å². The van der Waals surface area contributed by atoms with Crippen molar-refractivity contribution in [3.63, 3.8) is 0 Å². The van der Waals surface area contributed by atoms with Gasteiger partial charge >= 0.3 is 0 Å². The van der Waals surface area contributed by atoms with Gasteiger partial charge in [-0.05, 0) is 86.7 Å². The van der Waals surface area contributed by atoms with Crippen LogP contribution in [0.2, 0.25) is 0 Å². The lowest BCUT2D eigenvalue weighted by Gasteiger charge is -2.11. The van der Waals surface area contributed by atoms with Gasteiger partial charge in [0.2, 0.25) is 0 Å². The third-order valence-electron chi connectivity index (χ3n) is 4.55. The van der Waals surface area contributed by atoms with Crippen LogP contribution in [0.25, 0.3) is 0 Å². The summed E-state index contributed by atoms with van der Waals surface area (Å²) in [4.78, 5) is 0. The second kappa shape index (κ2) is 59.1. The Bertz CT molecular complexity index is 647. The second-order valence-electron chi connectivity index (χ2n) is 7.99.